The van der Waals surface area contributed by atoms with E-state index in [1.54, 1.807) is 0 Å². The molecule has 0 aliphatic rings. The van der Waals surface area contributed by atoms with Gasteiger partial charge in [0.05, 0.1) is 0 Å². The molecule has 0 spiro atoms. The molecule has 0 aliphatic heterocycles. The van der Waals surface area contributed by atoms with Gasteiger partial charge in [-0.3, -0.25) is 4.79 Å². The molecule has 0 aromatic rings. The van der Waals surface area contributed by atoms with Crippen molar-refractivity contribution in [3.8, 4) is 0 Å². The average Bonchev–Trinajstić information content (AvgIpc) is 2.14. The zero-order valence-corrected chi connectivity index (χ0v) is 9.75. The van der Waals surface area contributed by atoms with Crippen LogP contribution in [0.2, 0.25) is 0 Å². The first-order valence-electron chi connectivity index (χ1n) is 4.74. The summed E-state index contributed by atoms with van der Waals surface area (Å²) in [5.74, 6) is -4.43. The molecule has 0 bridgehead atoms. The first kappa shape index (κ1) is 16.6. The standard InChI is InChI=1S/C9H12F6OS/c1-5(16)17-3-2-9(14,15)8(13)6(10)4-7(11)12/h6-8H,2-4H2,1H3. The monoisotopic (exact) mass is 282 g/mol. The quantitative estimate of drug-likeness (QED) is 0.663. The maximum atomic E-state index is 13.0. The molecule has 0 aromatic heterocycles. The van der Waals surface area contributed by atoms with Crippen molar-refractivity contribution in [2.75, 3.05) is 5.75 Å². The summed E-state index contributed by atoms with van der Waals surface area (Å²) in [5, 5.41) is -0.430. The van der Waals surface area contributed by atoms with Crippen LogP contribution in [0.1, 0.15) is 19.8 Å². The van der Waals surface area contributed by atoms with E-state index in [1.165, 1.54) is 0 Å². The van der Waals surface area contributed by atoms with Crippen LogP contribution in [0.25, 0.3) is 0 Å². The Labute approximate surface area is 98.9 Å². The smallest absolute Gasteiger partial charge is 0.282 e. The van der Waals surface area contributed by atoms with Crippen molar-refractivity contribution in [2.24, 2.45) is 0 Å². The van der Waals surface area contributed by atoms with Crippen molar-refractivity contribution in [1.82, 2.24) is 0 Å². The zero-order valence-electron chi connectivity index (χ0n) is 8.94. The number of carbonyl (C=O) groups is 1. The zero-order chi connectivity index (χ0) is 13.6. The molecule has 0 amide bonds. The first-order valence-corrected chi connectivity index (χ1v) is 5.73. The summed E-state index contributed by atoms with van der Waals surface area (Å²) in [6.45, 7) is 1.14. The number of alkyl halides is 6. The summed E-state index contributed by atoms with van der Waals surface area (Å²) in [6, 6.07) is 0. The Morgan fingerprint density at radius 1 is 1.24 bits per heavy atom. The van der Waals surface area contributed by atoms with E-state index in [4.69, 9.17) is 0 Å². The van der Waals surface area contributed by atoms with Crippen LogP contribution in [0.5, 0.6) is 0 Å². The minimum absolute atomic E-state index is 0.385. The molecule has 0 saturated carbocycles. The molecule has 0 rings (SSSR count). The van der Waals surface area contributed by atoms with Gasteiger partial charge in [0.25, 0.3) is 5.92 Å². The number of rotatable bonds is 7. The highest BCUT2D eigenvalue weighted by molar-refractivity contribution is 8.13. The second kappa shape index (κ2) is 7.13. The third-order valence-electron chi connectivity index (χ3n) is 1.87. The third kappa shape index (κ3) is 6.80. The molecular weight excluding hydrogens is 270 g/mol. The van der Waals surface area contributed by atoms with Gasteiger partial charge in [0.1, 0.15) is 6.17 Å². The molecule has 1 nitrogen and oxygen atoms in total. The maximum Gasteiger partial charge on any atom is 0.282 e. The number of hydrogen-bond donors (Lipinski definition) is 0. The van der Waals surface area contributed by atoms with Gasteiger partial charge in [0.15, 0.2) is 11.3 Å². The van der Waals surface area contributed by atoms with Gasteiger partial charge in [0, 0.05) is 25.5 Å². The largest absolute Gasteiger partial charge is 0.288 e. The van der Waals surface area contributed by atoms with E-state index in [0.29, 0.717) is 11.8 Å². The van der Waals surface area contributed by atoms with Gasteiger partial charge in [-0.25, -0.2) is 26.3 Å². The molecule has 0 saturated heterocycles. The van der Waals surface area contributed by atoms with Crippen LogP contribution in [0, 0.1) is 0 Å². The fourth-order valence-electron chi connectivity index (χ4n) is 1.02. The first-order chi connectivity index (χ1) is 7.66. The lowest BCUT2D eigenvalue weighted by Crippen LogP contribution is -2.38. The van der Waals surface area contributed by atoms with Gasteiger partial charge in [-0.1, -0.05) is 11.8 Å². The van der Waals surface area contributed by atoms with Crippen molar-refractivity contribution in [3.63, 3.8) is 0 Å². The average molecular weight is 282 g/mol. The number of halogens is 6. The van der Waals surface area contributed by atoms with Crippen molar-refractivity contribution < 1.29 is 31.1 Å². The second-order valence-corrected chi connectivity index (χ2v) is 4.67. The molecule has 17 heavy (non-hydrogen) atoms. The molecular formula is C9H12F6OS. The van der Waals surface area contributed by atoms with Gasteiger partial charge >= 0.3 is 0 Å². The van der Waals surface area contributed by atoms with Crippen LogP contribution in [0.4, 0.5) is 26.3 Å². The van der Waals surface area contributed by atoms with Gasteiger partial charge in [-0.05, 0) is 0 Å². The lowest BCUT2D eigenvalue weighted by Gasteiger charge is -2.22. The summed E-state index contributed by atoms with van der Waals surface area (Å²) in [5.41, 5.74) is 0. The summed E-state index contributed by atoms with van der Waals surface area (Å²) < 4.78 is 75.0. The summed E-state index contributed by atoms with van der Waals surface area (Å²) in [7, 11) is 0. The van der Waals surface area contributed by atoms with E-state index in [2.05, 4.69) is 0 Å². The second-order valence-electron chi connectivity index (χ2n) is 3.40. The molecule has 0 radical (unpaired) electrons. The molecule has 2 atom stereocenters. The highest BCUT2D eigenvalue weighted by atomic mass is 32.2. The van der Waals surface area contributed by atoms with Crippen LogP contribution in [0.15, 0.2) is 0 Å². The topological polar surface area (TPSA) is 17.1 Å². The normalized spacial score (nSPS) is 16.0. The summed E-state index contributed by atoms with van der Waals surface area (Å²) in [4.78, 5) is 10.4. The Hall–Kier alpha value is -0.400. The SMILES string of the molecule is CC(=O)SCCC(F)(F)C(F)C(F)CC(F)F. The molecule has 0 heterocycles. The fourth-order valence-corrected chi connectivity index (χ4v) is 1.68. The number of thioether (sulfide) groups is 1. The van der Waals surface area contributed by atoms with Crippen molar-refractivity contribution in [3.05, 3.63) is 0 Å². The Morgan fingerprint density at radius 3 is 2.18 bits per heavy atom. The molecule has 0 aliphatic carbocycles. The molecule has 0 fully saturated rings. The van der Waals surface area contributed by atoms with E-state index < -0.39 is 42.6 Å². The maximum absolute atomic E-state index is 13.0. The highest BCUT2D eigenvalue weighted by Gasteiger charge is 2.45. The van der Waals surface area contributed by atoms with Crippen LogP contribution in [-0.2, 0) is 4.79 Å². The Bertz CT molecular complexity index is 248. The lowest BCUT2D eigenvalue weighted by atomic mass is 10.1. The van der Waals surface area contributed by atoms with E-state index in [9.17, 15) is 31.1 Å². The minimum atomic E-state index is -4.04. The molecule has 2 unspecified atom stereocenters. The fraction of sp³-hybridized carbons (Fsp3) is 0.889. The third-order valence-corrected chi connectivity index (χ3v) is 2.68. The van der Waals surface area contributed by atoms with Crippen LogP contribution < -0.4 is 0 Å². The Balaban J connectivity index is 4.22. The van der Waals surface area contributed by atoms with Gasteiger partial charge in [-0.2, -0.15) is 0 Å². The van der Waals surface area contributed by atoms with E-state index in [-0.39, 0.29) is 5.75 Å². The summed E-state index contributed by atoms with van der Waals surface area (Å²) in [6.07, 6.45) is -12.0. The van der Waals surface area contributed by atoms with E-state index in [0.717, 1.165) is 6.92 Å². The van der Waals surface area contributed by atoms with Gasteiger partial charge in [0.2, 0.25) is 6.43 Å². The molecule has 8 heteroatoms. The number of hydrogen-bond acceptors (Lipinski definition) is 2. The summed E-state index contributed by atoms with van der Waals surface area (Å²) >= 11 is 0.545. The van der Waals surface area contributed by atoms with E-state index >= 15 is 0 Å². The van der Waals surface area contributed by atoms with Crippen LogP contribution >= 0.6 is 11.8 Å². The van der Waals surface area contributed by atoms with Crippen LogP contribution in [0.3, 0.4) is 0 Å². The highest BCUT2D eigenvalue weighted by Crippen LogP contribution is 2.32. The van der Waals surface area contributed by atoms with Crippen molar-refractivity contribution >= 4 is 16.9 Å². The Kier molecular flexibility index (Phi) is 6.96. The van der Waals surface area contributed by atoms with Crippen molar-refractivity contribution in [1.29, 1.82) is 0 Å². The van der Waals surface area contributed by atoms with E-state index in [1.807, 2.05) is 0 Å². The molecule has 0 aromatic carbocycles. The predicted octanol–water partition coefficient (Wildman–Crippen LogP) is 3.62. The Morgan fingerprint density at radius 2 is 1.76 bits per heavy atom. The van der Waals surface area contributed by atoms with Gasteiger partial charge in [-0.15, -0.1) is 0 Å². The molecule has 0 N–H and O–H groups in total. The van der Waals surface area contributed by atoms with Gasteiger partial charge < -0.3 is 0 Å². The minimum Gasteiger partial charge on any atom is -0.288 e. The lowest BCUT2D eigenvalue weighted by molar-refractivity contribution is -0.109. The molecule has 102 valence electrons. The predicted molar refractivity (Wildman–Crippen MR) is 53.1 cm³/mol. The number of carbonyl (C=O) groups excluding carboxylic acids is 1. The van der Waals surface area contributed by atoms with Crippen molar-refractivity contribution in [2.45, 2.75) is 44.5 Å². The van der Waals surface area contributed by atoms with Crippen LogP contribution in [-0.4, -0.2) is 35.6 Å².